The highest BCUT2D eigenvalue weighted by Crippen LogP contribution is 2.33. The third-order valence-electron chi connectivity index (χ3n) is 3.39. The topological polar surface area (TPSA) is 62.5 Å². The lowest BCUT2D eigenvalue weighted by Crippen LogP contribution is -2.41. The summed E-state index contributed by atoms with van der Waals surface area (Å²) in [4.78, 5) is 12.5. The quantitative estimate of drug-likeness (QED) is 0.879. The Morgan fingerprint density at radius 3 is 2.95 bits per heavy atom. The van der Waals surface area contributed by atoms with Crippen molar-refractivity contribution in [2.24, 2.45) is 5.92 Å². The maximum absolute atomic E-state index is 11.7. The van der Waals surface area contributed by atoms with Crippen LogP contribution in [0.2, 0.25) is 0 Å². The molecule has 0 spiro atoms. The van der Waals surface area contributed by atoms with Gasteiger partial charge in [0.2, 0.25) is 5.91 Å². The summed E-state index contributed by atoms with van der Waals surface area (Å²) in [6, 6.07) is 5.47. The monoisotopic (exact) mass is 277 g/mol. The first-order valence-electron chi connectivity index (χ1n) is 6.27. The molecular weight excluding hydrogens is 262 g/mol. The number of amides is 1. The fourth-order valence-electron chi connectivity index (χ4n) is 2.05. The molecule has 0 unspecified atom stereocenters. The maximum Gasteiger partial charge on any atom is 0.223 e. The highest BCUT2D eigenvalue weighted by atomic mass is 32.1. The molecule has 1 atom stereocenters. The van der Waals surface area contributed by atoms with Crippen LogP contribution in [0.3, 0.4) is 0 Å². The van der Waals surface area contributed by atoms with Crippen molar-refractivity contribution in [3.05, 3.63) is 46.5 Å². The molecule has 0 aromatic carbocycles. The first-order valence-corrected chi connectivity index (χ1v) is 7.15. The second-order valence-electron chi connectivity index (χ2n) is 4.84. The van der Waals surface area contributed by atoms with Gasteiger partial charge in [-0.05, 0) is 30.4 Å². The van der Waals surface area contributed by atoms with Gasteiger partial charge in [-0.2, -0.15) is 0 Å². The Kier molecular flexibility index (Phi) is 3.16. The molecule has 1 aliphatic carbocycles. The van der Waals surface area contributed by atoms with Crippen molar-refractivity contribution in [3.8, 4) is 0 Å². The van der Waals surface area contributed by atoms with Crippen LogP contribution in [0.4, 0.5) is 0 Å². The molecule has 1 fully saturated rings. The van der Waals surface area contributed by atoms with Crippen LogP contribution in [-0.2, 0) is 10.4 Å². The standard InChI is InChI=1S/C14H15NO3S/c16-13(10-3-4-10)15-9-14(17,11-5-6-18-8-11)12-2-1-7-19-12/h1-2,5-8,10,17H,3-4,9H2,(H,15,16)/t14-/m1/s1. The van der Waals surface area contributed by atoms with Crippen LogP contribution in [0.15, 0.2) is 40.5 Å². The summed E-state index contributed by atoms with van der Waals surface area (Å²) >= 11 is 1.46. The lowest BCUT2D eigenvalue weighted by Gasteiger charge is -2.26. The molecule has 2 heterocycles. The fraction of sp³-hybridized carbons (Fsp3) is 0.357. The molecule has 100 valence electrons. The maximum atomic E-state index is 11.7. The lowest BCUT2D eigenvalue weighted by molar-refractivity contribution is -0.123. The van der Waals surface area contributed by atoms with Crippen LogP contribution in [0.1, 0.15) is 23.3 Å². The van der Waals surface area contributed by atoms with E-state index in [1.165, 1.54) is 23.9 Å². The van der Waals surface area contributed by atoms with Crippen molar-refractivity contribution >= 4 is 17.2 Å². The zero-order chi connectivity index (χ0) is 13.3. The summed E-state index contributed by atoms with van der Waals surface area (Å²) in [6.45, 7) is 0.169. The van der Waals surface area contributed by atoms with Crippen LogP contribution < -0.4 is 5.32 Å². The second-order valence-corrected chi connectivity index (χ2v) is 5.79. The number of rotatable bonds is 5. The van der Waals surface area contributed by atoms with Gasteiger partial charge >= 0.3 is 0 Å². The molecular formula is C14H15NO3S. The molecule has 19 heavy (non-hydrogen) atoms. The Morgan fingerprint density at radius 2 is 2.37 bits per heavy atom. The number of nitrogens with one attached hydrogen (secondary N) is 1. The van der Waals surface area contributed by atoms with E-state index in [-0.39, 0.29) is 18.4 Å². The van der Waals surface area contributed by atoms with Gasteiger partial charge in [0.05, 0.1) is 19.1 Å². The van der Waals surface area contributed by atoms with E-state index in [9.17, 15) is 9.90 Å². The van der Waals surface area contributed by atoms with Gasteiger partial charge in [0.15, 0.2) is 0 Å². The molecule has 1 amide bonds. The van der Waals surface area contributed by atoms with E-state index in [4.69, 9.17) is 4.42 Å². The molecule has 0 radical (unpaired) electrons. The molecule has 3 rings (SSSR count). The van der Waals surface area contributed by atoms with Crippen molar-refractivity contribution in [3.63, 3.8) is 0 Å². The van der Waals surface area contributed by atoms with E-state index in [1.807, 2.05) is 17.5 Å². The molecule has 2 aromatic rings. The number of carbonyl (C=O) groups excluding carboxylic acids is 1. The van der Waals surface area contributed by atoms with Crippen molar-refractivity contribution in [1.82, 2.24) is 5.32 Å². The summed E-state index contributed by atoms with van der Waals surface area (Å²) < 4.78 is 5.06. The summed E-state index contributed by atoms with van der Waals surface area (Å²) in [5.74, 6) is 0.162. The first-order chi connectivity index (χ1) is 9.20. The minimum atomic E-state index is -1.22. The van der Waals surface area contributed by atoms with Gasteiger partial charge in [-0.15, -0.1) is 11.3 Å². The third-order valence-corrected chi connectivity index (χ3v) is 4.42. The van der Waals surface area contributed by atoms with Gasteiger partial charge in [-0.3, -0.25) is 4.79 Å². The molecule has 2 N–H and O–H groups in total. The van der Waals surface area contributed by atoms with Crippen LogP contribution in [0, 0.1) is 5.92 Å². The second kappa shape index (κ2) is 4.83. The zero-order valence-corrected chi connectivity index (χ0v) is 11.2. The molecule has 0 bridgehead atoms. The van der Waals surface area contributed by atoms with Crippen molar-refractivity contribution in [1.29, 1.82) is 0 Å². The zero-order valence-electron chi connectivity index (χ0n) is 10.3. The number of carbonyl (C=O) groups is 1. The van der Waals surface area contributed by atoms with Crippen molar-refractivity contribution in [2.45, 2.75) is 18.4 Å². The van der Waals surface area contributed by atoms with E-state index < -0.39 is 5.60 Å². The first kappa shape index (κ1) is 12.4. The summed E-state index contributed by atoms with van der Waals surface area (Å²) in [6.07, 6.45) is 4.95. The van der Waals surface area contributed by atoms with E-state index in [0.29, 0.717) is 5.56 Å². The minimum Gasteiger partial charge on any atom is -0.472 e. The van der Waals surface area contributed by atoms with Crippen LogP contribution >= 0.6 is 11.3 Å². The number of hydrogen-bond donors (Lipinski definition) is 2. The van der Waals surface area contributed by atoms with Crippen molar-refractivity contribution < 1.29 is 14.3 Å². The van der Waals surface area contributed by atoms with Crippen molar-refractivity contribution in [2.75, 3.05) is 6.54 Å². The molecule has 1 aliphatic rings. The Bertz CT molecular complexity index is 509. The van der Waals surface area contributed by atoms with E-state index in [0.717, 1.165) is 17.7 Å². The summed E-state index contributed by atoms with van der Waals surface area (Å²) in [5, 5.41) is 15.7. The predicted octanol–water partition coefficient (Wildman–Crippen LogP) is 2.10. The Morgan fingerprint density at radius 1 is 1.53 bits per heavy atom. The number of aliphatic hydroxyl groups is 1. The Labute approximate surface area is 115 Å². The van der Waals surface area contributed by atoms with E-state index in [1.54, 1.807) is 6.07 Å². The fourth-order valence-corrected chi connectivity index (χ4v) is 2.90. The highest BCUT2D eigenvalue weighted by Gasteiger charge is 2.36. The molecule has 1 saturated carbocycles. The molecule has 0 aliphatic heterocycles. The SMILES string of the molecule is O=C(NC[C@@](O)(c1ccoc1)c1cccs1)C1CC1. The van der Waals surface area contributed by atoms with E-state index in [2.05, 4.69) is 5.32 Å². The van der Waals surface area contributed by atoms with E-state index >= 15 is 0 Å². The molecule has 5 heteroatoms. The van der Waals surface area contributed by atoms with Crippen LogP contribution in [0.25, 0.3) is 0 Å². The summed E-state index contributed by atoms with van der Waals surface area (Å²) in [7, 11) is 0. The molecule has 2 aromatic heterocycles. The van der Waals surface area contributed by atoms with Crippen LogP contribution in [-0.4, -0.2) is 17.6 Å². The lowest BCUT2D eigenvalue weighted by atomic mass is 9.94. The average molecular weight is 277 g/mol. The minimum absolute atomic E-state index is 0.0264. The van der Waals surface area contributed by atoms with Gasteiger partial charge in [-0.1, -0.05) is 6.07 Å². The molecule has 4 nitrogen and oxygen atoms in total. The normalized spacial score (nSPS) is 17.9. The Hall–Kier alpha value is -1.59. The predicted molar refractivity (Wildman–Crippen MR) is 71.8 cm³/mol. The van der Waals surface area contributed by atoms with Gasteiger partial charge in [-0.25, -0.2) is 0 Å². The largest absolute Gasteiger partial charge is 0.472 e. The van der Waals surface area contributed by atoms with Gasteiger partial charge in [0, 0.05) is 16.4 Å². The van der Waals surface area contributed by atoms with Gasteiger partial charge in [0.1, 0.15) is 5.60 Å². The smallest absolute Gasteiger partial charge is 0.223 e. The summed E-state index contributed by atoms with van der Waals surface area (Å²) in [5.41, 5.74) is -0.558. The van der Waals surface area contributed by atoms with Crippen LogP contribution in [0.5, 0.6) is 0 Å². The molecule has 0 saturated heterocycles. The number of hydrogen-bond acceptors (Lipinski definition) is 4. The number of thiophene rings is 1. The van der Waals surface area contributed by atoms with Gasteiger partial charge < -0.3 is 14.8 Å². The third kappa shape index (κ3) is 2.43. The highest BCUT2D eigenvalue weighted by molar-refractivity contribution is 7.10. The van der Waals surface area contributed by atoms with Gasteiger partial charge in [0.25, 0.3) is 0 Å². The average Bonchev–Trinajstić information content (AvgIpc) is 2.93. The number of furan rings is 1. The Balaban J connectivity index is 1.82.